The fourth-order valence-electron chi connectivity index (χ4n) is 2.72. The van der Waals surface area contributed by atoms with Crippen molar-refractivity contribution in [3.63, 3.8) is 0 Å². The van der Waals surface area contributed by atoms with E-state index < -0.39 is 11.7 Å². The van der Waals surface area contributed by atoms with E-state index in [4.69, 9.17) is 27.9 Å². The Kier molecular flexibility index (Phi) is 4.99. The van der Waals surface area contributed by atoms with E-state index in [2.05, 4.69) is 25.0 Å². The second kappa shape index (κ2) is 7.61. The SMILES string of the molecule is CCn1cnc2ccc(Oc3c(Cl)cc(NC(=O)c4noc(=O)[nH]4)cc3Cl)cc21. The van der Waals surface area contributed by atoms with Crippen molar-refractivity contribution in [2.75, 3.05) is 5.32 Å². The second-order valence-corrected chi connectivity index (χ2v) is 6.76. The number of carbonyl (C=O) groups is 1. The molecule has 29 heavy (non-hydrogen) atoms. The Morgan fingerprint density at radius 3 is 2.69 bits per heavy atom. The highest BCUT2D eigenvalue weighted by atomic mass is 35.5. The van der Waals surface area contributed by atoms with Crippen LogP contribution in [0.3, 0.4) is 0 Å². The predicted molar refractivity (Wildman–Crippen MR) is 107 cm³/mol. The number of imidazole rings is 1. The largest absolute Gasteiger partial charge is 0.454 e. The quantitative estimate of drug-likeness (QED) is 0.489. The number of aromatic nitrogens is 4. The molecule has 0 unspecified atom stereocenters. The second-order valence-electron chi connectivity index (χ2n) is 5.95. The molecule has 2 aromatic carbocycles. The number of amides is 1. The highest BCUT2D eigenvalue weighted by molar-refractivity contribution is 6.37. The van der Waals surface area contributed by atoms with Crippen LogP contribution in [0.25, 0.3) is 11.0 Å². The maximum absolute atomic E-state index is 12.1. The van der Waals surface area contributed by atoms with Crippen LogP contribution in [0.2, 0.25) is 10.0 Å². The van der Waals surface area contributed by atoms with Crippen LogP contribution in [-0.4, -0.2) is 25.6 Å². The van der Waals surface area contributed by atoms with Gasteiger partial charge in [0, 0.05) is 18.3 Å². The topological polar surface area (TPSA) is 115 Å². The maximum atomic E-state index is 12.1. The van der Waals surface area contributed by atoms with Gasteiger partial charge in [-0.25, -0.2) is 9.78 Å². The molecule has 1 amide bonds. The highest BCUT2D eigenvalue weighted by Crippen LogP contribution is 2.39. The monoisotopic (exact) mass is 433 g/mol. The molecule has 0 spiro atoms. The lowest BCUT2D eigenvalue weighted by Crippen LogP contribution is -2.14. The van der Waals surface area contributed by atoms with Crippen LogP contribution < -0.4 is 15.8 Å². The zero-order valence-corrected chi connectivity index (χ0v) is 16.4. The minimum absolute atomic E-state index is 0.186. The smallest absolute Gasteiger partial charge is 0.439 e. The zero-order valence-electron chi connectivity index (χ0n) is 14.9. The highest BCUT2D eigenvalue weighted by Gasteiger charge is 2.16. The van der Waals surface area contributed by atoms with Gasteiger partial charge in [-0.1, -0.05) is 23.2 Å². The maximum Gasteiger partial charge on any atom is 0.439 e. The van der Waals surface area contributed by atoms with Crippen molar-refractivity contribution in [3.05, 3.63) is 63.1 Å². The van der Waals surface area contributed by atoms with Crippen molar-refractivity contribution >= 4 is 45.8 Å². The summed E-state index contributed by atoms with van der Waals surface area (Å²) in [6.45, 7) is 2.79. The van der Waals surface area contributed by atoms with E-state index >= 15 is 0 Å². The molecule has 0 aliphatic heterocycles. The average Bonchev–Trinajstić information content (AvgIpc) is 3.30. The predicted octanol–water partition coefficient (Wildman–Crippen LogP) is 4.08. The standard InChI is InChI=1S/C18H13Cl2N5O4/c1-2-25-8-21-13-4-3-10(7-14(13)25)28-15-11(19)5-9(6-12(15)20)22-17(26)16-23-18(27)29-24-16/h3-8H,2H2,1H3,(H,22,26)(H,23,24,27). The van der Waals surface area contributed by atoms with Crippen LogP contribution >= 0.6 is 23.2 Å². The summed E-state index contributed by atoms with van der Waals surface area (Å²) in [6, 6.07) is 8.38. The van der Waals surface area contributed by atoms with E-state index in [0.29, 0.717) is 11.4 Å². The van der Waals surface area contributed by atoms with Crippen molar-refractivity contribution in [3.8, 4) is 11.5 Å². The molecular weight excluding hydrogens is 421 g/mol. The molecule has 0 aliphatic rings. The van der Waals surface area contributed by atoms with Gasteiger partial charge < -0.3 is 14.6 Å². The summed E-state index contributed by atoms with van der Waals surface area (Å²) >= 11 is 12.6. The Balaban J connectivity index is 1.59. The summed E-state index contributed by atoms with van der Waals surface area (Å²) in [5.41, 5.74) is 2.06. The minimum atomic E-state index is -0.837. The zero-order chi connectivity index (χ0) is 20.5. The molecule has 0 saturated heterocycles. The Labute approximate surface area is 173 Å². The van der Waals surface area contributed by atoms with Gasteiger partial charge in [0.1, 0.15) is 5.75 Å². The lowest BCUT2D eigenvalue weighted by molar-refractivity contribution is 0.101. The number of hydrogen-bond acceptors (Lipinski definition) is 6. The molecule has 0 bridgehead atoms. The Morgan fingerprint density at radius 1 is 1.28 bits per heavy atom. The molecule has 4 aromatic rings. The molecule has 2 N–H and O–H groups in total. The van der Waals surface area contributed by atoms with E-state index in [0.717, 1.165) is 17.6 Å². The van der Waals surface area contributed by atoms with E-state index in [-0.39, 0.29) is 21.6 Å². The van der Waals surface area contributed by atoms with Crippen LogP contribution in [0.4, 0.5) is 5.69 Å². The number of fused-ring (bicyclic) bond motifs is 1. The molecule has 2 heterocycles. The lowest BCUT2D eigenvalue weighted by atomic mass is 10.2. The van der Waals surface area contributed by atoms with Gasteiger partial charge in [-0.2, -0.15) is 0 Å². The van der Waals surface area contributed by atoms with Crippen molar-refractivity contribution in [2.45, 2.75) is 13.5 Å². The first-order chi connectivity index (χ1) is 13.9. The van der Waals surface area contributed by atoms with Gasteiger partial charge in [-0.3, -0.25) is 14.3 Å². The Hall–Kier alpha value is -3.30. The number of anilines is 1. The van der Waals surface area contributed by atoms with Crippen LogP contribution in [0, 0.1) is 0 Å². The van der Waals surface area contributed by atoms with Crippen molar-refractivity contribution in [1.82, 2.24) is 19.7 Å². The number of halogens is 2. The van der Waals surface area contributed by atoms with Crippen molar-refractivity contribution < 1.29 is 14.1 Å². The normalized spacial score (nSPS) is 11.0. The number of hydrogen-bond donors (Lipinski definition) is 2. The first-order valence-electron chi connectivity index (χ1n) is 8.43. The van der Waals surface area contributed by atoms with Gasteiger partial charge in [0.05, 0.1) is 27.4 Å². The van der Waals surface area contributed by atoms with Gasteiger partial charge in [0.2, 0.25) is 5.82 Å². The molecule has 9 nitrogen and oxygen atoms in total. The first-order valence-corrected chi connectivity index (χ1v) is 9.19. The van der Waals surface area contributed by atoms with E-state index in [1.807, 2.05) is 23.6 Å². The summed E-state index contributed by atoms with van der Waals surface area (Å²) < 4.78 is 12.2. The molecule has 11 heteroatoms. The van der Waals surface area contributed by atoms with Gasteiger partial charge in [0.15, 0.2) is 5.75 Å². The number of benzene rings is 2. The van der Waals surface area contributed by atoms with Crippen molar-refractivity contribution in [2.24, 2.45) is 0 Å². The fourth-order valence-corrected chi connectivity index (χ4v) is 3.28. The third-order valence-corrected chi connectivity index (χ3v) is 4.63. The van der Waals surface area contributed by atoms with Crippen LogP contribution in [0.5, 0.6) is 11.5 Å². The molecule has 0 atom stereocenters. The van der Waals surface area contributed by atoms with Gasteiger partial charge >= 0.3 is 5.76 Å². The number of nitrogens with zero attached hydrogens (tertiary/aromatic N) is 3. The molecule has 0 radical (unpaired) electrons. The Bertz CT molecular complexity index is 1250. The number of ether oxygens (including phenoxy) is 1. The first kappa shape index (κ1) is 19.0. The third kappa shape index (κ3) is 3.82. The lowest BCUT2D eigenvalue weighted by Gasteiger charge is -2.12. The van der Waals surface area contributed by atoms with Crippen LogP contribution in [0.1, 0.15) is 17.5 Å². The minimum Gasteiger partial charge on any atom is -0.454 e. The van der Waals surface area contributed by atoms with Gasteiger partial charge in [0.25, 0.3) is 5.91 Å². The van der Waals surface area contributed by atoms with E-state index in [9.17, 15) is 9.59 Å². The van der Waals surface area contributed by atoms with E-state index in [1.165, 1.54) is 12.1 Å². The summed E-state index contributed by atoms with van der Waals surface area (Å²) in [7, 11) is 0. The third-order valence-electron chi connectivity index (χ3n) is 4.06. The number of carbonyl (C=O) groups excluding carboxylic acids is 1. The molecule has 4 rings (SSSR count). The van der Waals surface area contributed by atoms with E-state index in [1.54, 1.807) is 12.4 Å². The van der Waals surface area contributed by atoms with Crippen molar-refractivity contribution in [1.29, 1.82) is 0 Å². The number of aromatic amines is 1. The van der Waals surface area contributed by atoms with Crippen LogP contribution in [0.15, 0.2) is 46.0 Å². The number of aryl methyl sites for hydroxylation is 1. The Morgan fingerprint density at radius 2 is 2.03 bits per heavy atom. The molecule has 2 aromatic heterocycles. The fraction of sp³-hybridized carbons (Fsp3) is 0.111. The van der Waals surface area contributed by atoms with Gasteiger partial charge in [-0.05, 0) is 36.3 Å². The number of rotatable bonds is 5. The molecule has 0 fully saturated rings. The number of nitrogens with one attached hydrogen (secondary N) is 2. The summed E-state index contributed by atoms with van der Waals surface area (Å²) in [5, 5.41) is 6.20. The molecule has 0 aliphatic carbocycles. The van der Waals surface area contributed by atoms with Gasteiger partial charge in [-0.15, -0.1) is 0 Å². The molecule has 0 saturated carbocycles. The summed E-state index contributed by atoms with van der Waals surface area (Å²) in [5.74, 6) is -1.02. The number of H-pyrrole nitrogens is 1. The summed E-state index contributed by atoms with van der Waals surface area (Å²) in [4.78, 5) is 29.5. The van der Waals surface area contributed by atoms with Crippen LogP contribution in [-0.2, 0) is 6.54 Å². The average molecular weight is 434 g/mol. The summed E-state index contributed by atoms with van der Waals surface area (Å²) in [6.07, 6.45) is 1.76. The molecular formula is C18H13Cl2N5O4. The molecule has 148 valence electrons.